The second kappa shape index (κ2) is 12.8. The van der Waals surface area contributed by atoms with Crippen molar-refractivity contribution in [3.63, 3.8) is 0 Å². The minimum absolute atomic E-state index is 1.24. The smallest absolute Gasteiger partial charge is 0.0622 e. The van der Waals surface area contributed by atoms with Gasteiger partial charge in [-0.1, -0.05) is 207 Å². The molecule has 0 N–H and O–H groups in total. The fourth-order valence-corrected chi connectivity index (χ4v) is 14.4. The van der Waals surface area contributed by atoms with Crippen LogP contribution in [0.4, 0.5) is 0 Å². The topological polar surface area (TPSA) is 0 Å². The zero-order chi connectivity index (χ0) is 40.4. The monoisotopic (exact) mass is 788 g/mol. The van der Waals surface area contributed by atoms with Crippen LogP contribution in [0.3, 0.4) is 0 Å². The molecule has 0 atom stereocenters. The van der Waals surface area contributed by atoms with Gasteiger partial charge in [0.15, 0.2) is 0 Å². The quantitative estimate of drug-likeness (QED) is 0.0950. The Bertz CT molecular complexity index is 3720. The van der Waals surface area contributed by atoms with Crippen molar-refractivity contribution in [3.05, 3.63) is 206 Å². The number of hydrogen-bond donors (Lipinski definition) is 0. The molecule has 0 nitrogen and oxygen atoms in total. The molecule has 0 unspecified atom stereocenters. The van der Waals surface area contributed by atoms with Crippen molar-refractivity contribution in [1.29, 1.82) is 0 Å². The molecule has 12 aromatic rings. The highest BCUT2D eigenvalue weighted by atomic mass is 28.3. The molecule has 1 heteroatoms. The number of benzene rings is 12. The van der Waals surface area contributed by atoms with Gasteiger partial charge in [0.05, 0.1) is 0 Å². The first-order valence-electron chi connectivity index (χ1n) is 21.5. The maximum Gasteiger partial charge on any atom is 0.113 e. The third-order valence-corrected chi connectivity index (χ3v) is 17.5. The zero-order valence-electron chi connectivity index (χ0n) is 34.1. The van der Waals surface area contributed by atoms with E-state index in [0.717, 1.165) is 0 Å². The molecule has 0 saturated carbocycles. The van der Waals surface area contributed by atoms with Gasteiger partial charge in [0.25, 0.3) is 0 Å². The Hall–Kier alpha value is -7.32. The van der Waals surface area contributed by atoms with Gasteiger partial charge < -0.3 is 0 Å². The first-order valence-corrected chi connectivity index (χ1v) is 24.5. The lowest BCUT2D eigenvalue weighted by Crippen LogP contribution is -2.49. The molecule has 0 fully saturated rings. The van der Waals surface area contributed by atoms with Gasteiger partial charge in [-0.25, -0.2) is 0 Å². The van der Waals surface area contributed by atoms with E-state index in [4.69, 9.17) is 0 Å². The van der Waals surface area contributed by atoms with Crippen LogP contribution in [0.15, 0.2) is 206 Å². The average Bonchev–Trinajstić information content (AvgIpc) is 3.54. The molecule has 0 radical (unpaired) electrons. The summed E-state index contributed by atoms with van der Waals surface area (Å²) in [6, 6.07) is 77.8. The predicted molar refractivity (Wildman–Crippen MR) is 267 cm³/mol. The van der Waals surface area contributed by atoms with Crippen LogP contribution in [0.25, 0.3) is 120 Å². The van der Waals surface area contributed by atoms with Crippen LogP contribution in [0.2, 0.25) is 13.1 Å². The first kappa shape index (κ1) is 34.5. The van der Waals surface area contributed by atoms with Crippen molar-refractivity contribution in [2.45, 2.75) is 13.1 Å². The van der Waals surface area contributed by atoms with Crippen LogP contribution in [0, 0.1) is 0 Å². The maximum atomic E-state index is 2.57. The molecule has 61 heavy (non-hydrogen) atoms. The Balaban J connectivity index is 1.10. The molecule has 0 saturated heterocycles. The van der Waals surface area contributed by atoms with E-state index in [0.29, 0.717) is 0 Å². The van der Waals surface area contributed by atoms with Gasteiger partial charge in [-0.3, -0.25) is 0 Å². The van der Waals surface area contributed by atoms with E-state index in [2.05, 4.69) is 219 Å². The van der Waals surface area contributed by atoms with Gasteiger partial charge in [-0.05, 0) is 142 Å². The Morgan fingerprint density at radius 2 is 0.557 bits per heavy atom. The van der Waals surface area contributed by atoms with E-state index in [1.807, 2.05) is 0 Å². The van der Waals surface area contributed by atoms with Crippen molar-refractivity contribution in [2.75, 3.05) is 0 Å². The van der Waals surface area contributed by atoms with E-state index in [1.54, 1.807) is 0 Å². The molecule has 12 aromatic carbocycles. The van der Waals surface area contributed by atoms with Crippen LogP contribution in [-0.2, 0) is 0 Å². The first-order chi connectivity index (χ1) is 30.1. The minimum Gasteiger partial charge on any atom is -0.0622 e. The fraction of sp³-hybridized carbons (Fsp3) is 0.0333. The summed E-state index contributed by atoms with van der Waals surface area (Å²) in [5.41, 5.74) is 10.5. The van der Waals surface area contributed by atoms with Gasteiger partial charge in [-0.15, -0.1) is 0 Å². The standard InChI is InChI=1S/C60H40Si/c1-61(2)55-33-32-38(34-53(55)54-35-51-41-22-8-6-20-39(41)40-21-7-9-23-42(40)52(51)36-56(54)61)58-45-26-12-16-30-49(45)60(50-31-17-13-27-46(50)58)59-47-28-14-10-24-43(47)57(37-18-4-3-5-19-37)44-25-11-15-29-48(44)59/h3-36H,1-2H3. The molecule has 0 amide bonds. The average molecular weight is 789 g/mol. The van der Waals surface area contributed by atoms with Gasteiger partial charge in [0.1, 0.15) is 8.07 Å². The van der Waals surface area contributed by atoms with Crippen molar-refractivity contribution in [3.8, 4) is 44.5 Å². The molecule has 0 aromatic heterocycles. The molecule has 1 aliphatic rings. The minimum atomic E-state index is -2.02. The van der Waals surface area contributed by atoms with Crippen molar-refractivity contribution in [1.82, 2.24) is 0 Å². The van der Waals surface area contributed by atoms with Gasteiger partial charge >= 0.3 is 0 Å². The summed E-state index contributed by atoms with van der Waals surface area (Å²) in [6.45, 7) is 5.09. The predicted octanol–water partition coefficient (Wildman–Crippen LogP) is 15.6. The summed E-state index contributed by atoms with van der Waals surface area (Å²) in [7, 11) is -2.02. The molecule has 284 valence electrons. The van der Waals surface area contributed by atoms with E-state index in [9.17, 15) is 0 Å². The second-order valence-electron chi connectivity index (χ2n) is 17.5. The fourth-order valence-electron chi connectivity index (χ4n) is 11.3. The van der Waals surface area contributed by atoms with Crippen molar-refractivity contribution < 1.29 is 0 Å². The lowest BCUT2D eigenvalue weighted by Gasteiger charge is -2.22. The molecule has 1 heterocycles. The number of hydrogen-bond acceptors (Lipinski definition) is 0. The van der Waals surface area contributed by atoms with E-state index < -0.39 is 8.07 Å². The molecule has 0 bridgehead atoms. The van der Waals surface area contributed by atoms with E-state index in [-0.39, 0.29) is 0 Å². The zero-order valence-corrected chi connectivity index (χ0v) is 35.1. The highest BCUT2D eigenvalue weighted by Crippen LogP contribution is 2.50. The Labute approximate surface area is 356 Å². The maximum absolute atomic E-state index is 2.57. The molecule has 1 aliphatic heterocycles. The third-order valence-electron chi connectivity index (χ3n) is 14.0. The highest BCUT2D eigenvalue weighted by molar-refractivity contribution is 7.04. The van der Waals surface area contributed by atoms with Gasteiger partial charge in [0, 0.05) is 0 Å². The summed E-state index contributed by atoms with van der Waals surface area (Å²) in [6.07, 6.45) is 0. The van der Waals surface area contributed by atoms with E-state index >= 15 is 0 Å². The Morgan fingerprint density at radius 3 is 1.00 bits per heavy atom. The number of fused-ring (bicyclic) bond motifs is 13. The molecular formula is C60H40Si. The summed E-state index contributed by atoms with van der Waals surface area (Å²) in [5.74, 6) is 0. The van der Waals surface area contributed by atoms with Gasteiger partial charge in [0.2, 0.25) is 0 Å². The van der Waals surface area contributed by atoms with Crippen LogP contribution < -0.4 is 10.4 Å². The van der Waals surface area contributed by atoms with Crippen LogP contribution in [-0.4, -0.2) is 8.07 Å². The Morgan fingerprint density at radius 1 is 0.230 bits per heavy atom. The highest BCUT2D eigenvalue weighted by Gasteiger charge is 2.38. The largest absolute Gasteiger partial charge is 0.113 e. The Kier molecular flexibility index (Phi) is 7.27. The summed E-state index contributed by atoms with van der Waals surface area (Å²) >= 11 is 0. The number of rotatable bonds is 3. The second-order valence-corrected chi connectivity index (χ2v) is 21.8. The molecule has 0 aliphatic carbocycles. The normalized spacial score (nSPS) is 13.2. The van der Waals surface area contributed by atoms with Crippen LogP contribution in [0.1, 0.15) is 0 Å². The van der Waals surface area contributed by atoms with Crippen molar-refractivity contribution >= 4 is 93.9 Å². The van der Waals surface area contributed by atoms with E-state index in [1.165, 1.54) is 130 Å². The van der Waals surface area contributed by atoms with Crippen LogP contribution in [0.5, 0.6) is 0 Å². The molecular weight excluding hydrogens is 749 g/mol. The van der Waals surface area contributed by atoms with Crippen molar-refractivity contribution in [2.24, 2.45) is 0 Å². The van der Waals surface area contributed by atoms with Crippen LogP contribution >= 0.6 is 0 Å². The summed E-state index contributed by atoms with van der Waals surface area (Å²) < 4.78 is 0. The molecule has 13 rings (SSSR count). The SMILES string of the molecule is C[Si]1(C)c2ccc(-c3c4ccccc4c(-c4c5ccccc5c(-c5ccccc5)c5ccccc45)c4ccccc34)cc2-c2cc3c4ccccc4c4ccccc4c3cc21. The lowest BCUT2D eigenvalue weighted by molar-refractivity contribution is 1.66. The van der Waals surface area contributed by atoms with Gasteiger partial charge in [-0.2, -0.15) is 0 Å². The molecule has 0 spiro atoms. The third kappa shape index (κ3) is 4.81. The summed E-state index contributed by atoms with van der Waals surface area (Å²) in [5, 5.41) is 21.3. The summed E-state index contributed by atoms with van der Waals surface area (Å²) in [4.78, 5) is 0. The lowest BCUT2D eigenvalue weighted by atomic mass is 9.81.